The summed E-state index contributed by atoms with van der Waals surface area (Å²) >= 11 is 12.0. The third-order valence-corrected chi connectivity index (χ3v) is 5.70. The van der Waals surface area contributed by atoms with E-state index >= 15 is 0 Å². The number of sulfonamides is 1. The molecule has 0 aliphatic carbocycles. The van der Waals surface area contributed by atoms with Crippen molar-refractivity contribution in [2.45, 2.75) is 11.8 Å². The normalized spacial score (nSPS) is 11.0. The quantitative estimate of drug-likeness (QED) is 0.368. The zero-order chi connectivity index (χ0) is 20.2. The highest BCUT2D eigenvalue weighted by molar-refractivity contribution is 7.92. The van der Waals surface area contributed by atoms with Crippen LogP contribution in [0.1, 0.15) is 6.92 Å². The van der Waals surface area contributed by atoms with Gasteiger partial charge in [0, 0.05) is 17.6 Å². The topological polar surface area (TPSA) is 122 Å². The van der Waals surface area contributed by atoms with E-state index in [1.807, 2.05) is 5.43 Å². The number of hydrogen-bond acceptors (Lipinski definition) is 5. The second-order valence-corrected chi connectivity index (χ2v) is 8.09. The van der Waals surface area contributed by atoms with Gasteiger partial charge in [0.15, 0.2) is 0 Å². The number of rotatable bonds is 6. The lowest BCUT2D eigenvalue weighted by molar-refractivity contribution is -0.119. The molecule has 8 nitrogen and oxygen atoms in total. The average Bonchev–Trinajstić information content (AvgIpc) is 2.60. The minimum absolute atomic E-state index is 0.0470. The molecule has 2 rings (SSSR count). The van der Waals surface area contributed by atoms with Crippen LogP contribution >= 0.6 is 23.2 Å². The predicted octanol–water partition coefficient (Wildman–Crippen LogP) is 2.14. The first kappa shape index (κ1) is 21.0. The molecule has 27 heavy (non-hydrogen) atoms. The molecule has 0 atom stereocenters. The average molecular weight is 431 g/mol. The van der Waals surface area contributed by atoms with Crippen LogP contribution in [0, 0.1) is 0 Å². The van der Waals surface area contributed by atoms with Crippen molar-refractivity contribution < 1.29 is 18.0 Å². The third kappa shape index (κ3) is 5.10. The number of carbonyl (C=O) groups is 2. The smallest absolute Gasteiger partial charge is 0.264 e. The number of halogens is 2. The van der Waals surface area contributed by atoms with Crippen LogP contribution in [0.5, 0.6) is 0 Å². The van der Waals surface area contributed by atoms with Gasteiger partial charge in [-0.1, -0.05) is 23.2 Å². The van der Waals surface area contributed by atoms with Gasteiger partial charge in [0.05, 0.1) is 15.6 Å². The minimum atomic E-state index is -4.16. The lowest BCUT2D eigenvalue weighted by atomic mass is 10.3. The van der Waals surface area contributed by atoms with Crippen molar-refractivity contribution in [1.82, 2.24) is 5.43 Å². The maximum Gasteiger partial charge on any atom is 0.264 e. The van der Waals surface area contributed by atoms with Crippen LogP contribution in [-0.4, -0.2) is 26.8 Å². The van der Waals surface area contributed by atoms with E-state index in [9.17, 15) is 18.0 Å². The molecule has 2 amide bonds. The fourth-order valence-corrected chi connectivity index (χ4v) is 4.20. The van der Waals surface area contributed by atoms with Crippen molar-refractivity contribution in [2.75, 3.05) is 16.2 Å². The first-order valence-electron chi connectivity index (χ1n) is 7.50. The van der Waals surface area contributed by atoms with Crippen LogP contribution in [0.3, 0.4) is 0 Å². The number of hydrazine groups is 1. The summed E-state index contributed by atoms with van der Waals surface area (Å²) in [4.78, 5) is 22.8. The van der Waals surface area contributed by atoms with Crippen LogP contribution in [0.25, 0.3) is 0 Å². The van der Waals surface area contributed by atoms with Crippen molar-refractivity contribution in [3.8, 4) is 0 Å². The number of amides is 2. The van der Waals surface area contributed by atoms with E-state index in [1.54, 1.807) is 0 Å². The molecule has 0 fully saturated rings. The molecule has 0 saturated heterocycles. The van der Waals surface area contributed by atoms with Crippen molar-refractivity contribution in [2.24, 2.45) is 5.84 Å². The van der Waals surface area contributed by atoms with Gasteiger partial charge in [-0.3, -0.25) is 19.3 Å². The lowest BCUT2D eigenvalue weighted by Crippen LogP contribution is -2.43. The van der Waals surface area contributed by atoms with Gasteiger partial charge in [-0.25, -0.2) is 14.3 Å². The van der Waals surface area contributed by atoms with Crippen LogP contribution in [0.2, 0.25) is 10.0 Å². The molecule has 11 heteroatoms. The summed E-state index contributed by atoms with van der Waals surface area (Å²) < 4.78 is 27.0. The molecule has 144 valence electrons. The fraction of sp³-hybridized carbons (Fsp3) is 0.125. The van der Waals surface area contributed by atoms with E-state index in [0.29, 0.717) is 10.7 Å². The van der Waals surface area contributed by atoms with Gasteiger partial charge >= 0.3 is 0 Å². The summed E-state index contributed by atoms with van der Waals surface area (Å²) in [5, 5.41) is 2.89. The standard InChI is InChI=1S/C16H16Cl2N4O4S/c1-10(23)20-12-3-5-13(6-4-12)27(25,26)22(9-16(24)21-19)15-7-2-11(17)8-14(15)18/h2-8H,9,19H2,1H3,(H,20,23)(H,21,24). The van der Waals surface area contributed by atoms with Gasteiger partial charge < -0.3 is 5.32 Å². The van der Waals surface area contributed by atoms with Gasteiger partial charge in [0.25, 0.3) is 15.9 Å². The number of anilines is 2. The minimum Gasteiger partial charge on any atom is -0.326 e. The fourth-order valence-electron chi connectivity index (χ4n) is 2.20. The molecule has 0 aliphatic heterocycles. The summed E-state index contributed by atoms with van der Waals surface area (Å²) in [6.07, 6.45) is 0. The van der Waals surface area contributed by atoms with Crippen LogP contribution in [0.4, 0.5) is 11.4 Å². The van der Waals surface area contributed by atoms with E-state index < -0.39 is 22.5 Å². The van der Waals surface area contributed by atoms with Gasteiger partial charge in [-0.15, -0.1) is 0 Å². The summed E-state index contributed by atoms with van der Waals surface area (Å²) in [7, 11) is -4.16. The van der Waals surface area contributed by atoms with E-state index in [0.717, 1.165) is 4.31 Å². The maximum absolute atomic E-state index is 13.1. The monoisotopic (exact) mass is 430 g/mol. The molecule has 0 heterocycles. The first-order chi connectivity index (χ1) is 12.6. The molecule has 4 N–H and O–H groups in total. The lowest BCUT2D eigenvalue weighted by Gasteiger charge is -2.24. The predicted molar refractivity (Wildman–Crippen MR) is 104 cm³/mol. The van der Waals surface area contributed by atoms with Gasteiger partial charge in [0.2, 0.25) is 5.91 Å². The SMILES string of the molecule is CC(=O)Nc1ccc(S(=O)(=O)N(CC(=O)NN)c2ccc(Cl)cc2Cl)cc1. The van der Waals surface area contributed by atoms with Crippen LogP contribution in [-0.2, 0) is 19.6 Å². The van der Waals surface area contributed by atoms with Crippen molar-refractivity contribution in [3.05, 3.63) is 52.5 Å². The summed E-state index contributed by atoms with van der Waals surface area (Å²) in [5.41, 5.74) is 2.38. The zero-order valence-electron chi connectivity index (χ0n) is 14.1. The Morgan fingerprint density at radius 2 is 1.74 bits per heavy atom. The molecule has 0 aliphatic rings. The number of nitrogens with zero attached hydrogens (tertiary/aromatic N) is 1. The highest BCUT2D eigenvalue weighted by Gasteiger charge is 2.28. The number of nitrogens with one attached hydrogen (secondary N) is 2. The highest BCUT2D eigenvalue weighted by atomic mass is 35.5. The summed E-state index contributed by atoms with van der Waals surface area (Å²) in [5.74, 6) is 4.06. The zero-order valence-corrected chi connectivity index (χ0v) is 16.4. The molecule has 0 unspecified atom stereocenters. The van der Waals surface area contributed by atoms with E-state index in [4.69, 9.17) is 29.0 Å². The highest BCUT2D eigenvalue weighted by Crippen LogP contribution is 2.32. The molecular weight excluding hydrogens is 415 g/mol. The Labute approximate surface area is 166 Å². The van der Waals surface area contributed by atoms with Crippen LogP contribution < -0.4 is 20.9 Å². The molecule has 0 spiro atoms. The number of benzene rings is 2. The Bertz CT molecular complexity index is 965. The summed E-state index contributed by atoms with van der Waals surface area (Å²) in [6, 6.07) is 9.66. The number of carbonyl (C=O) groups excluding carboxylic acids is 2. The van der Waals surface area contributed by atoms with Crippen molar-refractivity contribution in [3.63, 3.8) is 0 Å². The Morgan fingerprint density at radius 3 is 2.26 bits per heavy atom. The third-order valence-electron chi connectivity index (χ3n) is 3.39. The molecule has 0 saturated carbocycles. The Hall–Kier alpha value is -2.33. The molecule has 0 radical (unpaired) electrons. The largest absolute Gasteiger partial charge is 0.326 e. The Morgan fingerprint density at radius 1 is 1.11 bits per heavy atom. The molecule has 0 bridgehead atoms. The van der Waals surface area contributed by atoms with Gasteiger partial charge in [-0.2, -0.15) is 0 Å². The van der Waals surface area contributed by atoms with E-state index in [2.05, 4.69) is 5.32 Å². The molecular formula is C16H16Cl2N4O4S. The number of hydrogen-bond donors (Lipinski definition) is 3. The molecule has 0 aromatic heterocycles. The molecule has 2 aromatic carbocycles. The van der Waals surface area contributed by atoms with Crippen LogP contribution in [0.15, 0.2) is 47.4 Å². The van der Waals surface area contributed by atoms with E-state index in [1.165, 1.54) is 49.4 Å². The Kier molecular flexibility index (Phi) is 6.66. The first-order valence-corrected chi connectivity index (χ1v) is 9.69. The maximum atomic E-state index is 13.1. The van der Waals surface area contributed by atoms with Crippen molar-refractivity contribution >= 4 is 56.4 Å². The van der Waals surface area contributed by atoms with Crippen molar-refractivity contribution in [1.29, 1.82) is 0 Å². The summed E-state index contributed by atoms with van der Waals surface area (Å²) in [6.45, 7) is 0.744. The molecule has 2 aromatic rings. The van der Waals surface area contributed by atoms with E-state index in [-0.39, 0.29) is 21.5 Å². The number of nitrogens with two attached hydrogens (primary N) is 1. The second-order valence-electron chi connectivity index (χ2n) is 5.38. The van der Waals surface area contributed by atoms with Gasteiger partial charge in [-0.05, 0) is 42.5 Å². The van der Waals surface area contributed by atoms with Gasteiger partial charge in [0.1, 0.15) is 6.54 Å². The second kappa shape index (κ2) is 8.57. The Balaban J connectivity index is 2.49.